The predicted molar refractivity (Wildman–Crippen MR) is 86.3 cm³/mol. The van der Waals surface area contributed by atoms with Crippen molar-refractivity contribution in [1.29, 1.82) is 0 Å². The first-order chi connectivity index (χ1) is 10.1. The molecule has 1 aromatic rings. The largest absolute Gasteiger partial charge is 0.465 e. The van der Waals surface area contributed by atoms with Gasteiger partial charge in [0, 0.05) is 13.1 Å². The van der Waals surface area contributed by atoms with E-state index in [1.807, 2.05) is 38.1 Å². The SMILES string of the molecule is CCOC(=O)C(NCCN(CC)CC)c1ccccc1C. The number of carbonyl (C=O) groups is 1. The smallest absolute Gasteiger partial charge is 0.327 e. The summed E-state index contributed by atoms with van der Waals surface area (Å²) in [6.45, 7) is 12.3. The Hall–Kier alpha value is -1.39. The molecule has 0 saturated heterocycles. The van der Waals surface area contributed by atoms with Crippen molar-refractivity contribution in [3.63, 3.8) is 0 Å². The molecule has 0 aliphatic rings. The summed E-state index contributed by atoms with van der Waals surface area (Å²) >= 11 is 0. The zero-order valence-electron chi connectivity index (χ0n) is 13.7. The molecule has 118 valence electrons. The third-order valence-corrected chi connectivity index (χ3v) is 3.69. The van der Waals surface area contributed by atoms with Crippen molar-refractivity contribution >= 4 is 5.97 Å². The van der Waals surface area contributed by atoms with Gasteiger partial charge in [0.15, 0.2) is 0 Å². The molecule has 0 heterocycles. The van der Waals surface area contributed by atoms with Gasteiger partial charge >= 0.3 is 5.97 Å². The maximum atomic E-state index is 12.2. The zero-order chi connectivity index (χ0) is 15.7. The van der Waals surface area contributed by atoms with E-state index in [4.69, 9.17) is 4.74 Å². The van der Waals surface area contributed by atoms with Crippen LogP contribution in [0, 0.1) is 6.92 Å². The molecular formula is C17H28N2O2. The highest BCUT2D eigenvalue weighted by molar-refractivity contribution is 5.78. The highest BCUT2D eigenvalue weighted by Gasteiger charge is 2.22. The van der Waals surface area contributed by atoms with Gasteiger partial charge in [0.05, 0.1) is 6.61 Å². The van der Waals surface area contributed by atoms with E-state index in [-0.39, 0.29) is 12.0 Å². The molecule has 0 aliphatic heterocycles. The number of rotatable bonds is 9. The number of hydrogen-bond donors (Lipinski definition) is 1. The molecule has 0 fully saturated rings. The number of benzene rings is 1. The number of aryl methyl sites for hydroxylation is 1. The quantitative estimate of drug-likeness (QED) is 0.710. The molecule has 1 atom stereocenters. The topological polar surface area (TPSA) is 41.6 Å². The Kier molecular flexibility index (Phi) is 8.01. The molecule has 21 heavy (non-hydrogen) atoms. The second-order valence-corrected chi connectivity index (χ2v) is 5.02. The van der Waals surface area contributed by atoms with E-state index in [9.17, 15) is 4.79 Å². The maximum Gasteiger partial charge on any atom is 0.327 e. The molecule has 1 rings (SSSR count). The standard InChI is InChI=1S/C17H28N2O2/c1-5-19(6-2)13-12-18-16(17(20)21-7-3)15-11-9-8-10-14(15)4/h8-11,16,18H,5-7,12-13H2,1-4H3. The molecular weight excluding hydrogens is 264 g/mol. The van der Waals surface area contributed by atoms with E-state index < -0.39 is 0 Å². The summed E-state index contributed by atoms with van der Waals surface area (Å²) in [6, 6.07) is 7.56. The Balaban J connectivity index is 2.74. The monoisotopic (exact) mass is 292 g/mol. The van der Waals surface area contributed by atoms with Gasteiger partial charge in [0.2, 0.25) is 0 Å². The van der Waals surface area contributed by atoms with Gasteiger partial charge in [-0.2, -0.15) is 0 Å². The lowest BCUT2D eigenvalue weighted by Crippen LogP contribution is -2.37. The Bertz CT molecular complexity index is 431. The molecule has 1 aromatic carbocycles. The highest BCUT2D eigenvalue weighted by atomic mass is 16.5. The van der Waals surface area contributed by atoms with Crippen LogP contribution in [-0.2, 0) is 9.53 Å². The molecule has 0 aliphatic carbocycles. The Morgan fingerprint density at radius 1 is 1.24 bits per heavy atom. The van der Waals surface area contributed by atoms with Crippen LogP contribution in [0.25, 0.3) is 0 Å². The minimum Gasteiger partial charge on any atom is -0.465 e. The second-order valence-electron chi connectivity index (χ2n) is 5.02. The summed E-state index contributed by atoms with van der Waals surface area (Å²) in [4.78, 5) is 14.5. The molecule has 0 amide bonds. The average molecular weight is 292 g/mol. The summed E-state index contributed by atoms with van der Waals surface area (Å²) in [7, 11) is 0. The molecule has 4 heteroatoms. The lowest BCUT2D eigenvalue weighted by Gasteiger charge is -2.22. The number of carbonyl (C=O) groups excluding carboxylic acids is 1. The van der Waals surface area contributed by atoms with Crippen LogP contribution in [0.3, 0.4) is 0 Å². The van der Waals surface area contributed by atoms with Crippen LogP contribution in [0.2, 0.25) is 0 Å². The minimum atomic E-state index is -0.387. The summed E-state index contributed by atoms with van der Waals surface area (Å²) in [5.41, 5.74) is 2.10. The van der Waals surface area contributed by atoms with E-state index >= 15 is 0 Å². The number of nitrogens with zero attached hydrogens (tertiary/aromatic N) is 1. The zero-order valence-corrected chi connectivity index (χ0v) is 13.7. The summed E-state index contributed by atoms with van der Waals surface area (Å²) in [5, 5.41) is 3.34. The third kappa shape index (κ3) is 5.48. The summed E-state index contributed by atoms with van der Waals surface area (Å²) in [5.74, 6) is -0.202. The molecule has 1 N–H and O–H groups in total. The van der Waals surface area contributed by atoms with E-state index in [1.165, 1.54) is 0 Å². The van der Waals surface area contributed by atoms with E-state index in [2.05, 4.69) is 24.1 Å². The van der Waals surface area contributed by atoms with Gasteiger partial charge in [-0.3, -0.25) is 5.32 Å². The van der Waals surface area contributed by atoms with E-state index in [1.54, 1.807) is 0 Å². The lowest BCUT2D eigenvalue weighted by atomic mass is 10.0. The molecule has 1 unspecified atom stereocenters. The second kappa shape index (κ2) is 9.53. The van der Waals surface area contributed by atoms with Crippen LogP contribution in [0.1, 0.15) is 37.9 Å². The third-order valence-electron chi connectivity index (χ3n) is 3.69. The highest BCUT2D eigenvalue weighted by Crippen LogP contribution is 2.18. The minimum absolute atomic E-state index is 0.202. The molecule has 0 bridgehead atoms. The van der Waals surface area contributed by atoms with Crippen molar-refractivity contribution in [3.8, 4) is 0 Å². The first-order valence-electron chi connectivity index (χ1n) is 7.81. The molecule has 4 nitrogen and oxygen atoms in total. The van der Waals surface area contributed by atoms with Crippen LogP contribution >= 0.6 is 0 Å². The van der Waals surface area contributed by atoms with Crippen LogP contribution < -0.4 is 5.32 Å². The maximum absolute atomic E-state index is 12.2. The fourth-order valence-electron chi connectivity index (χ4n) is 2.36. The van der Waals surface area contributed by atoms with Gasteiger partial charge in [0.1, 0.15) is 6.04 Å². The Morgan fingerprint density at radius 3 is 2.48 bits per heavy atom. The lowest BCUT2D eigenvalue weighted by molar-refractivity contribution is -0.145. The Morgan fingerprint density at radius 2 is 1.90 bits per heavy atom. The molecule has 0 aromatic heterocycles. The number of nitrogens with one attached hydrogen (secondary N) is 1. The predicted octanol–water partition coefficient (Wildman–Crippen LogP) is 2.53. The molecule has 0 radical (unpaired) electrons. The normalized spacial score (nSPS) is 12.4. The van der Waals surface area contributed by atoms with E-state index in [0.717, 1.165) is 37.3 Å². The number of ether oxygens (including phenoxy) is 1. The van der Waals surface area contributed by atoms with Crippen molar-refractivity contribution < 1.29 is 9.53 Å². The average Bonchev–Trinajstić information content (AvgIpc) is 2.49. The van der Waals surface area contributed by atoms with Crippen molar-refractivity contribution in [2.24, 2.45) is 0 Å². The van der Waals surface area contributed by atoms with Gasteiger partial charge in [-0.15, -0.1) is 0 Å². The van der Waals surface area contributed by atoms with Crippen LogP contribution in [-0.4, -0.2) is 43.7 Å². The van der Waals surface area contributed by atoms with E-state index in [0.29, 0.717) is 6.61 Å². The number of hydrogen-bond acceptors (Lipinski definition) is 4. The van der Waals surface area contributed by atoms with Gasteiger partial charge in [-0.25, -0.2) is 4.79 Å². The van der Waals surface area contributed by atoms with Crippen molar-refractivity contribution in [2.45, 2.75) is 33.7 Å². The summed E-state index contributed by atoms with van der Waals surface area (Å²) in [6.07, 6.45) is 0. The molecule has 0 saturated carbocycles. The fourth-order valence-corrected chi connectivity index (χ4v) is 2.36. The molecule has 0 spiro atoms. The van der Waals surface area contributed by atoms with Crippen molar-refractivity contribution in [3.05, 3.63) is 35.4 Å². The Labute approximate surface area is 128 Å². The van der Waals surface area contributed by atoms with Crippen LogP contribution in [0.4, 0.5) is 0 Å². The number of likely N-dealkylation sites (N-methyl/N-ethyl adjacent to an activating group) is 1. The first kappa shape index (κ1) is 17.7. The van der Waals surface area contributed by atoms with Crippen LogP contribution in [0.15, 0.2) is 24.3 Å². The fraction of sp³-hybridized carbons (Fsp3) is 0.588. The van der Waals surface area contributed by atoms with Gasteiger partial charge in [-0.1, -0.05) is 38.1 Å². The van der Waals surface area contributed by atoms with Crippen molar-refractivity contribution in [2.75, 3.05) is 32.8 Å². The van der Waals surface area contributed by atoms with Crippen LogP contribution in [0.5, 0.6) is 0 Å². The number of esters is 1. The van der Waals surface area contributed by atoms with Gasteiger partial charge in [-0.05, 0) is 38.1 Å². The van der Waals surface area contributed by atoms with Crippen molar-refractivity contribution in [1.82, 2.24) is 10.2 Å². The first-order valence-corrected chi connectivity index (χ1v) is 7.81. The summed E-state index contributed by atoms with van der Waals surface area (Å²) < 4.78 is 5.21. The van der Waals surface area contributed by atoms with Gasteiger partial charge in [0.25, 0.3) is 0 Å². The van der Waals surface area contributed by atoms with Gasteiger partial charge < -0.3 is 9.64 Å².